The Hall–Kier alpha value is -0.870. The van der Waals surface area contributed by atoms with Gasteiger partial charge in [-0.2, -0.15) is 5.10 Å². The van der Waals surface area contributed by atoms with Gasteiger partial charge in [-0.3, -0.25) is 4.68 Å². The molecule has 0 aliphatic heterocycles. The summed E-state index contributed by atoms with van der Waals surface area (Å²) in [5.74, 6) is 0. The number of hydrogen-bond acceptors (Lipinski definition) is 3. The van der Waals surface area contributed by atoms with Gasteiger partial charge in [0.2, 0.25) is 0 Å². The van der Waals surface area contributed by atoms with Gasteiger partial charge in [0.25, 0.3) is 0 Å². The minimum Gasteiger partial charge on any atom is -0.394 e. The van der Waals surface area contributed by atoms with E-state index in [1.807, 2.05) is 4.68 Å². The number of aryl methyl sites for hydroxylation is 2. The lowest BCUT2D eigenvalue weighted by Gasteiger charge is -2.23. The number of aliphatic hydroxyl groups is 1. The quantitative estimate of drug-likeness (QED) is 0.760. The minimum atomic E-state index is -0.0924. The highest BCUT2D eigenvalue weighted by Gasteiger charge is 2.21. The third kappa shape index (κ3) is 3.30. The molecule has 0 bridgehead atoms. The van der Waals surface area contributed by atoms with Gasteiger partial charge < -0.3 is 10.8 Å². The second-order valence-electron chi connectivity index (χ2n) is 4.48. The van der Waals surface area contributed by atoms with Crippen LogP contribution in [0.5, 0.6) is 0 Å². The predicted octanol–water partition coefficient (Wildman–Crippen LogP) is 1.67. The molecule has 0 aromatic carbocycles. The molecule has 1 aromatic heterocycles. The third-order valence-electron chi connectivity index (χ3n) is 3.21. The molecule has 98 valence electrons. The van der Waals surface area contributed by atoms with Crippen molar-refractivity contribution in [3.63, 3.8) is 0 Å². The topological polar surface area (TPSA) is 64.1 Å². The molecule has 0 amide bonds. The summed E-state index contributed by atoms with van der Waals surface area (Å²) in [5.41, 5.74) is 8.36. The van der Waals surface area contributed by atoms with Crippen LogP contribution in [0, 0.1) is 0 Å². The maximum absolute atomic E-state index is 9.54. The predicted molar refractivity (Wildman–Crippen MR) is 70.0 cm³/mol. The van der Waals surface area contributed by atoms with Crippen LogP contribution < -0.4 is 5.73 Å². The van der Waals surface area contributed by atoms with Crippen LogP contribution in [0.4, 0.5) is 0 Å². The van der Waals surface area contributed by atoms with Crippen LogP contribution in [0.2, 0.25) is 0 Å². The zero-order valence-corrected chi connectivity index (χ0v) is 11.2. The first kappa shape index (κ1) is 14.2. The van der Waals surface area contributed by atoms with Gasteiger partial charge in [-0.25, -0.2) is 0 Å². The Bertz CT molecular complexity index is 335. The average Bonchev–Trinajstić information content (AvgIpc) is 2.73. The van der Waals surface area contributed by atoms with E-state index in [1.54, 1.807) is 0 Å². The Morgan fingerprint density at radius 1 is 1.35 bits per heavy atom. The SMILES string of the molecule is CCCC(N)C(CO)n1nc(CC)cc1CC. The fourth-order valence-corrected chi connectivity index (χ4v) is 2.13. The molecule has 0 saturated carbocycles. The summed E-state index contributed by atoms with van der Waals surface area (Å²) in [6, 6.07) is 1.99. The molecule has 0 radical (unpaired) electrons. The first-order valence-electron chi connectivity index (χ1n) is 6.61. The van der Waals surface area contributed by atoms with Crippen LogP contribution in [0.25, 0.3) is 0 Å². The van der Waals surface area contributed by atoms with Crippen molar-refractivity contribution in [2.45, 2.75) is 58.5 Å². The number of nitrogens with zero attached hydrogens (tertiary/aromatic N) is 2. The molecule has 4 nitrogen and oxygen atoms in total. The molecule has 0 aliphatic rings. The monoisotopic (exact) mass is 239 g/mol. The molecule has 0 saturated heterocycles. The summed E-state index contributed by atoms with van der Waals surface area (Å²) in [5, 5.41) is 14.1. The normalized spacial score (nSPS) is 14.9. The van der Waals surface area contributed by atoms with E-state index in [2.05, 4.69) is 31.9 Å². The second kappa shape index (κ2) is 6.77. The van der Waals surface area contributed by atoms with E-state index in [-0.39, 0.29) is 18.7 Å². The highest BCUT2D eigenvalue weighted by Crippen LogP contribution is 2.18. The summed E-state index contributed by atoms with van der Waals surface area (Å²) >= 11 is 0. The summed E-state index contributed by atoms with van der Waals surface area (Å²) in [7, 11) is 0. The van der Waals surface area contributed by atoms with Crippen molar-refractivity contribution in [2.24, 2.45) is 5.73 Å². The Morgan fingerprint density at radius 2 is 2.06 bits per heavy atom. The van der Waals surface area contributed by atoms with Crippen molar-refractivity contribution in [3.8, 4) is 0 Å². The maximum atomic E-state index is 9.54. The van der Waals surface area contributed by atoms with Crippen molar-refractivity contribution >= 4 is 0 Å². The van der Waals surface area contributed by atoms with E-state index in [0.717, 1.165) is 37.1 Å². The van der Waals surface area contributed by atoms with Crippen LogP contribution in [-0.2, 0) is 12.8 Å². The van der Waals surface area contributed by atoms with E-state index in [0.29, 0.717) is 0 Å². The lowest BCUT2D eigenvalue weighted by Crippen LogP contribution is -2.36. The van der Waals surface area contributed by atoms with Crippen LogP contribution in [0.1, 0.15) is 51.0 Å². The van der Waals surface area contributed by atoms with Gasteiger partial charge in [0.15, 0.2) is 0 Å². The number of aliphatic hydroxyl groups excluding tert-OH is 1. The fraction of sp³-hybridized carbons (Fsp3) is 0.769. The number of nitrogens with two attached hydrogens (primary N) is 1. The molecule has 0 fully saturated rings. The molecule has 17 heavy (non-hydrogen) atoms. The second-order valence-corrected chi connectivity index (χ2v) is 4.48. The van der Waals surface area contributed by atoms with Crippen LogP contribution in [0.15, 0.2) is 6.07 Å². The summed E-state index contributed by atoms with van der Waals surface area (Å²) < 4.78 is 1.93. The van der Waals surface area contributed by atoms with Gasteiger partial charge in [0.1, 0.15) is 0 Å². The zero-order valence-electron chi connectivity index (χ0n) is 11.2. The van der Waals surface area contributed by atoms with Crippen LogP contribution in [-0.4, -0.2) is 27.5 Å². The van der Waals surface area contributed by atoms with E-state index < -0.39 is 0 Å². The van der Waals surface area contributed by atoms with E-state index in [4.69, 9.17) is 5.73 Å². The Labute approximate surface area is 104 Å². The van der Waals surface area contributed by atoms with Crippen LogP contribution in [0.3, 0.4) is 0 Å². The van der Waals surface area contributed by atoms with Gasteiger partial charge in [0.05, 0.1) is 18.3 Å². The van der Waals surface area contributed by atoms with Gasteiger partial charge in [0, 0.05) is 11.7 Å². The molecule has 4 heteroatoms. The van der Waals surface area contributed by atoms with Crippen molar-refractivity contribution in [3.05, 3.63) is 17.5 Å². The Balaban J connectivity index is 2.97. The number of aromatic nitrogens is 2. The van der Waals surface area contributed by atoms with E-state index in [9.17, 15) is 5.11 Å². The highest BCUT2D eigenvalue weighted by atomic mass is 16.3. The molecule has 0 aliphatic carbocycles. The minimum absolute atomic E-state index is 0.0279. The molecule has 2 unspecified atom stereocenters. The lowest BCUT2D eigenvalue weighted by atomic mass is 10.0. The first-order valence-corrected chi connectivity index (χ1v) is 6.61. The largest absolute Gasteiger partial charge is 0.394 e. The van der Waals surface area contributed by atoms with Crippen molar-refractivity contribution in [2.75, 3.05) is 6.61 Å². The Morgan fingerprint density at radius 3 is 2.53 bits per heavy atom. The third-order valence-corrected chi connectivity index (χ3v) is 3.21. The summed E-state index contributed by atoms with van der Waals surface area (Å²) in [6.45, 7) is 6.35. The fourth-order valence-electron chi connectivity index (χ4n) is 2.13. The zero-order chi connectivity index (χ0) is 12.8. The first-order chi connectivity index (χ1) is 8.17. The molecule has 3 N–H and O–H groups in total. The molecule has 2 atom stereocenters. The Kier molecular flexibility index (Phi) is 5.65. The molecule has 1 heterocycles. The van der Waals surface area contributed by atoms with E-state index in [1.165, 1.54) is 0 Å². The average molecular weight is 239 g/mol. The number of hydrogen-bond donors (Lipinski definition) is 2. The molecular formula is C13H25N3O. The van der Waals surface area contributed by atoms with Gasteiger partial charge in [-0.15, -0.1) is 0 Å². The molecule has 1 aromatic rings. The molecule has 0 spiro atoms. The molecular weight excluding hydrogens is 214 g/mol. The van der Waals surface area contributed by atoms with Crippen molar-refractivity contribution in [1.29, 1.82) is 0 Å². The van der Waals surface area contributed by atoms with Crippen molar-refractivity contribution < 1.29 is 5.11 Å². The van der Waals surface area contributed by atoms with Crippen molar-refractivity contribution in [1.82, 2.24) is 9.78 Å². The van der Waals surface area contributed by atoms with Gasteiger partial charge >= 0.3 is 0 Å². The highest BCUT2D eigenvalue weighted by molar-refractivity contribution is 5.11. The molecule has 1 rings (SSSR count). The van der Waals surface area contributed by atoms with Gasteiger partial charge in [-0.1, -0.05) is 27.2 Å². The van der Waals surface area contributed by atoms with Crippen LogP contribution >= 0.6 is 0 Å². The van der Waals surface area contributed by atoms with Gasteiger partial charge in [-0.05, 0) is 25.3 Å². The lowest BCUT2D eigenvalue weighted by molar-refractivity contribution is 0.189. The smallest absolute Gasteiger partial charge is 0.0903 e. The number of rotatable bonds is 7. The summed E-state index contributed by atoms with van der Waals surface area (Å²) in [6.07, 6.45) is 3.78. The maximum Gasteiger partial charge on any atom is 0.0903 e. The standard InChI is InChI=1S/C13H25N3O/c1-4-7-12(14)13(9-17)16-11(6-3)8-10(5-2)15-16/h8,12-13,17H,4-7,9,14H2,1-3H3. The van der Waals surface area contributed by atoms with E-state index >= 15 is 0 Å². The summed E-state index contributed by atoms with van der Waals surface area (Å²) in [4.78, 5) is 0.